The van der Waals surface area contributed by atoms with Crippen LogP contribution in [-0.4, -0.2) is 42.3 Å². The van der Waals surface area contributed by atoms with Gasteiger partial charge in [-0.05, 0) is 59.4 Å². The lowest BCUT2D eigenvalue weighted by Crippen LogP contribution is -2.44. The van der Waals surface area contributed by atoms with Crippen LogP contribution in [0, 0.1) is 0 Å². The molecular weight excluding hydrogens is 332 g/mol. The first-order valence-corrected chi connectivity index (χ1v) is 8.51. The van der Waals surface area contributed by atoms with E-state index in [1.54, 1.807) is 7.11 Å². The summed E-state index contributed by atoms with van der Waals surface area (Å²) in [6.45, 7) is 3.30. The van der Waals surface area contributed by atoms with Crippen LogP contribution in [0.4, 0.5) is 0 Å². The minimum atomic E-state index is 0.167. The number of nitrogens with zero attached hydrogens (tertiary/aromatic N) is 1. The molecule has 1 aromatic rings. The molecule has 0 spiro atoms. The highest BCUT2D eigenvalue weighted by Gasteiger charge is 2.34. The zero-order valence-corrected chi connectivity index (χ0v) is 14.0. The summed E-state index contributed by atoms with van der Waals surface area (Å²) < 4.78 is 5.89. The van der Waals surface area contributed by atoms with E-state index in [1.165, 1.54) is 38.8 Å². The fourth-order valence-corrected chi connectivity index (χ4v) is 4.11. The second-order valence-electron chi connectivity index (χ2n) is 6.00. The van der Waals surface area contributed by atoms with Crippen LogP contribution in [0.15, 0.2) is 16.6 Å². The molecule has 2 saturated heterocycles. The lowest BCUT2D eigenvalue weighted by Gasteiger charge is -2.32. The largest absolute Gasteiger partial charge is 0.503 e. The molecule has 0 bridgehead atoms. The van der Waals surface area contributed by atoms with Gasteiger partial charge in [0.1, 0.15) is 0 Å². The van der Waals surface area contributed by atoms with Crippen molar-refractivity contribution >= 4 is 15.9 Å². The molecule has 5 heteroatoms. The number of methoxy groups -OCH3 is 1. The third kappa shape index (κ3) is 3.20. The van der Waals surface area contributed by atoms with Gasteiger partial charge in [0.25, 0.3) is 0 Å². The standard InChI is InChI=1S/C16H23BrN2O2/c1-21-15-9-11(8-12(17)16(15)20)10-18-13-5-7-19-6-3-2-4-14(13)19/h8-9,13-14,18,20H,2-7,10H2,1H3. The summed E-state index contributed by atoms with van der Waals surface area (Å²) in [5.74, 6) is 0.687. The Morgan fingerprint density at radius 3 is 3.00 bits per heavy atom. The molecule has 2 N–H and O–H groups in total. The van der Waals surface area contributed by atoms with Gasteiger partial charge in [-0.2, -0.15) is 0 Å². The summed E-state index contributed by atoms with van der Waals surface area (Å²) in [5.41, 5.74) is 1.13. The Hall–Kier alpha value is -0.780. The van der Waals surface area contributed by atoms with Crippen LogP contribution < -0.4 is 10.1 Å². The maximum absolute atomic E-state index is 9.86. The summed E-state index contributed by atoms with van der Waals surface area (Å²) in [6, 6.07) is 5.16. The van der Waals surface area contributed by atoms with Crippen molar-refractivity contribution in [1.82, 2.24) is 10.2 Å². The first-order chi connectivity index (χ1) is 10.2. The van der Waals surface area contributed by atoms with Gasteiger partial charge >= 0.3 is 0 Å². The molecule has 0 aliphatic carbocycles. The number of aromatic hydroxyl groups is 1. The highest BCUT2D eigenvalue weighted by molar-refractivity contribution is 9.10. The molecule has 2 heterocycles. The number of nitrogens with one attached hydrogen (secondary N) is 1. The minimum Gasteiger partial charge on any atom is -0.503 e. The lowest BCUT2D eigenvalue weighted by atomic mass is 9.99. The maximum atomic E-state index is 9.86. The third-order valence-corrected chi connectivity index (χ3v) is 5.34. The van der Waals surface area contributed by atoms with Gasteiger partial charge in [0.2, 0.25) is 0 Å². The quantitative estimate of drug-likeness (QED) is 0.872. The van der Waals surface area contributed by atoms with E-state index in [0.29, 0.717) is 22.3 Å². The Labute approximate surface area is 134 Å². The van der Waals surface area contributed by atoms with Crippen LogP contribution in [0.3, 0.4) is 0 Å². The number of ether oxygens (including phenoxy) is 1. The van der Waals surface area contributed by atoms with Crippen molar-refractivity contribution in [3.05, 3.63) is 22.2 Å². The first-order valence-electron chi connectivity index (χ1n) is 7.72. The summed E-state index contributed by atoms with van der Waals surface area (Å²) in [6.07, 6.45) is 5.27. The number of fused-ring (bicyclic) bond motifs is 1. The van der Waals surface area contributed by atoms with Crippen LogP contribution >= 0.6 is 15.9 Å². The molecule has 0 radical (unpaired) electrons. The van der Waals surface area contributed by atoms with Crippen molar-refractivity contribution in [3.8, 4) is 11.5 Å². The normalized spacial score (nSPS) is 25.8. The number of rotatable bonds is 4. The van der Waals surface area contributed by atoms with E-state index in [4.69, 9.17) is 4.74 Å². The summed E-state index contributed by atoms with van der Waals surface area (Å²) in [4.78, 5) is 2.63. The van der Waals surface area contributed by atoms with Crippen molar-refractivity contribution < 1.29 is 9.84 Å². The maximum Gasteiger partial charge on any atom is 0.172 e. The molecule has 0 amide bonds. The predicted molar refractivity (Wildman–Crippen MR) is 86.8 cm³/mol. The molecule has 116 valence electrons. The second kappa shape index (κ2) is 6.55. The van der Waals surface area contributed by atoms with E-state index >= 15 is 0 Å². The highest BCUT2D eigenvalue weighted by atomic mass is 79.9. The zero-order chi connectivity index (χ0) is 14.8. The molecule has 4 nitrogen and oxygen atoms in total. The third-order valence-electron chi connectivity index (χ3n) is 4.73. The average Bonchev–Trinajstić information content (AvgIpc) is 2.91. The van der Waals surface area contributed by atoms with E-state index < -0.39 is 0 Å². The molecule has 21 heavy (non-hydrogen) atoms. The Morgan fingerprint density at radius 2 is 2.19 bits per heavy atom. The molecule has 3 rings (SSSR count). The number of phenols is 1. The highest BCUT2D eigenvalue weighted by Crippen LogP contribution is 2.35. The van der Waals surface area contributed by atoms with E-state index in [2.05, 4.69) is 26.1 Å². The molecule has 0 aromatic heterocycles. The number of phenolic OH excluding ortho intramolecular Hbond substituents is 1. The van der Waals surface area contributed by atoms with Gasteiger partial charge in [0, 0.05) is 25.2 Å². The monoisotopic (exact) mass is 354 g/mol. The van der Waals surface area contributed by atoms with Crippen molar-refractivity contribution in [2.24, 2.45) is 0 Å². The Balaban J connectivity index is 1.64. The first kappa shape index (κ1) is 15.1. The van der Waals surface area contributed by atoms with Crippen LogP contribution in [0.5, 0.6) is 11.5 Å². The Kier molecular flexibility index (Phi) is 4.72. The van der Waals surface area contributed by atoms with Gasteiger partial charge in [0.05, 0.1) is 11.6 Å². The average molecular weight is 355 g/mol. The summed E-state index contributed by atoms with van der Waals surface area (Å²) in [7, 11) is 1.58. The van der Waals surface area contributed by atoms with Crippen molar-refractivity contribution in [2.45, 2.75) is 44.3 Å². The number of halogens is 1. The van der Waals surface area contributed by atoms with Gasteiger partial charge in [-0.3, -0.25) is 4.90 Å². The molecule has 2 aliphatic rings. The number of piperidine rings is 1. The zero-order valence-electron chi connectivity index (χ0n) is 12.4. The second-order valence-corrected chi connectivity index (χ2v) is 6.86. The lowest BCUT2D eigenvalue weighted by molar-refractivity contribution is 0.180. The van der Waals surface area contributed by atoms with Crippen LogP contribution in [0.25, 0.3) is 0 Å². The number of hydrogen-bond acceptors (Lipinski definition) is 4. The fraction of sp³-hybridized carbons (Fsp3) is 0.625. The van der Waals surface area contributed by atoms with Crippen LogP contribution in [0.2, 0.25) is 0 Å². The Morgan fingerprint density at radius 1 is 1.33 bits per heavy atom. The van der Waals surface area contributed by atoms with Crippen LogP contribution in [-0.2, 0) is 6.54 Å². The molecule has 2 atom stereocenters. The van der Waals surface area contributed by atoms with E-state index in [9.17, 15) is 5.11 Å². The Bertz CT molecular complexity index is 509. The number of hydrogen-bond donors (Lipinski definition) is 2. The van der Waals surface area contributed by atoms with Crippen LogP contribution in [0.1, 0.15) is 31.2 Å². The van der Waals surface area contributed by atoms with Crippen molar-refractivity contribution in [1.29, 1.82) is 0 Å². The van der Waals surface area contributed by atoms with E-state index in [1.807, 2.05) is 12.1 Å². The topological polar surface area (TPSA) is 44.7 Å². The van der Waals surface area contributed by atoms with Crippen molar-refractivity contribution in [2.75, 3.05) is 20.2 Å². The van der Waals surface area contributed by atoms with Gasteiger partial charge in [-0.1, -0.05) is 6.42 Å². The van der Waals surface area contributed by atoms with Gasteiger partial charge in [0.15, 0.2) is 11.5 Å². The van der Waals surface area contributed by atoms with Gasteiger partial charge in [-0.25, -0.2) is 0 Å². The summed E-state index contributed by atoms with van der Waals surface area (Å²) >= 11 is 3.38. The van der Waals surface area contributed by atoms with E-state index in [0.717, 1.165) is 12.1 Å². The number of benzene rings is 1. The fourth-order valence-electron chi connectivity index (χ4n) is 3.62. The molecular formula is C16H23BrN2O2. The molecule has 0 saturated carbocycles. The smallest absolute Gasteiger partial charge is 0.172 e. The molecule has 2 unspecified atom stereocenters. The molecule has 2 aliphatic heterocycles. The van der Waals surface area contributed by atoms with Gasteiger partial charge < -0.3 is 15.2 Å². The molecule has 2 fully saturated rings. The van der Waals surface area contributed by atoms with Gasteiger partial charge in [-0.15, -0.1) is 0 Å². The SMILES string of the molecule is COc1cc(CNC2CCN3CCCCC23)cc(Br)c1O. The van der Waals surface area contributed by atoms with E-state index in [-0.39, 0.29) is 5.75 Å². The predicted octanol–water partition coefficient (Wildman–Crippen LogP) is 2.88. The molecule has 1 aromatic carbocycles. The summed E-state index contributed by atoms with van der Waals surface area (Å²) in [5, 5.41) is 13.6. The minimum absolute atomic E-state index is 0.167. The van der Waals surface area contributed by atoms with Crippen molar-refractivity contribution in [3.63, 3.8) is 0 Å².